The number of benzene rings is 2. The second-order valence-corrected chi connectivity index (χ2v) is 4.15. The maximum Gasteiger partial charge on any atom is 0.233 e. The Morgan fingerprint density at radius 3 is 1.85 bits per heavy atom. The number of nitrogens with one attached hydrogen (secondary N) is 2. The van der Waals surface area contributed by atoms with Gasteiger partial charge in [0.2, 0.25) is 11.8 Å². The van der Waals surface area contributed by atoms with Crippen LogP contribution in [0.5, 0.6) is 0 Å². The van der Waals surface area contributed by atoms with Crippen LogP contribution >= 0.6 is 0 Å². The molecule has 0 atom stereocenters. The lowest BCUT2D eigenvalue weighted by atomic mass is 10.3. The number of para-hydroxylation sites is 1. The first-order valence-corrected chi connectivity index (χ1v) is 6.04. The van der Waals surface area contributed by atoms with E-state index in [4.69, 9.17) is 0 Å². The fourth-order valence-corrected chi connectivity index (χ4v) is 1.61. The first-order chi connectivity index (χ1) is 9.63. The van der Waals surface area contributed by atoms with Crippen LogP contribution in [-0.4, -0.2) is 11.8 Å². The predicted molar refractivity (Wildman–Crippen MR) is 74.7 cm³/mol. The number of amides is 2. The summed E-state index contributed by atoms with van der Waals surface area (Å²) in [5.41, 5.74) is 1.08. The van der Waals surface area contributed by atoms with Gasteiger partial charge >= 0.3 is 0 Å². The van der Waals surface area contributed by atoms with Gasteiger partial charge in [-0.2, -0.15) is 0 Å². The molecule has 0 aliphatic carbocycles. The van der Waals surface area contributed by atoms with Gasteiger partial charge in [-0.25, -0.2) is 4.39 Å². The van der Waals surface area contributed by atoms with E-state index in [1.54, 1.807) is 24.3 Å². The van der Waals surface area contributed by atoms with Crippen molar-refractivity contribution in [3.63, 3.8) is 0 Å². The Morgan fingerprint density at radius 2 is 1.30 bits per heavy atom. The summed E-state index contributed by atoms with van der Waals surface area (Å²) >= 11 is 0. The Balaban J connectivity index is 1.85. The van der Waals surface area contributed by atoms with Crippen LogP contribution < -0.4 is 10.6 Å². The third kappa shape index (κ3) is 4.20. The zero-order valence-electron chi connectivity index (χ0n) is 10.6. The molecule has 20 heavy (non-hydrogen) atoms. The summed E-state index contributed by atoms with van der Waals surface area (Å²) in [6.07, 6.45) is -0.299. The van der Waals surface area contributed by atoms with Crippen molar-refractivity contribution in [3.05, 3.63) is 60.4 Å². The number of carbonyl (C=O) groups excluding carboxylic acids is 2. The average Bonchev–Trinajstić information content (AvgIpc) is 2.42. The molecule has 0 radical (unpaired) electrons. The van der Waals surface area contributed by atoms with Crippen molar-refractivity contribution in [2.24, 2.45) is 0 Å². The molecule has 102 valence electrons. The Labute approximate surface area is 115 Å². The van der Waals surface area contributed by atoms with E-state index in [1.165, 1.54) is 24.3 Å². The number of hydrogen-bond donors (Lipinski definition) is 2. The molecular weight excluding hydrogens is 259 g/mol. The van der Waals surface area contributed by atoms with E-state index in [9.17, 15) is 14.0 Å². The molecule has 2 aromatic carbocycles. The molecule has 0 aromatic heterocycles. The van der Waals surface area contributed by atoms with Crippen molar-refractivity contribution in [1.82, 2.24) is 0 Å². The molecule has 2 amide bonds. The van der Waals surface area contributed by atoms with Crippen LogP contribution in [0.25, 0.3) is 0 Å². The SMILES string of the molecule is O=C(CC(=O)Nc1ccc(F)cc1)Nc1ccccc1. The van der Waals surface area contributed by atoms with Crippen LogP contribution in [0.4, 0.5) is 15.8 Å². The maximum absolute atomic E-state index is 12.7. The van der Waals surface area contributed by atoms with E-state index in [1.807, 2.05) is 6.07 Å². The van der Waals surface area contributed by atoms with Gasteiger partial charge in [0.15, 0.2) is 0 Å². The lowest BCUT2D eigenvalue weighted by Gasteiger charge is -2.06. The highest BCUT2D eigenvalue weighted by Crippen LogP contribution is 2.09. The van der Waals surface area contributed by atoms with Crippen molar-refractivity contribution < 1.29 is 14.0 Å². The molecule has 0 saturated heterocycles. The molecule has 0 bridgehead atoms. The van der Waals surface area contributed by atoms with E-state index in [-0.39, 0.29) is 12.2 Å². The summed E-state index contributed by atoms with van der Waals surface area (Å²) in [4.78, 5) is 23.3. The highest BCUT2D eigenvalue weighted by atomic mass is 19.1. The van der Waals surface area contributed by atoms with Gasteiger partial charge < -0.3 is 10.6 Å². The van der Waals surface area contributed by atoms with Crippen molar-refractivity contribution >= 4 is 23.2 Å². The van der Waals surface area contributed by atoms with E-state index < -0.39 is 11.8 Å². The standard InChI is InChI=1S/C15H13FN2O2/c16-11-6-8-13(9-7-11)18-15(20)10-14(19)17-12-4-2-1-3-5-12/h1-9H,10H2,(H,17,19)(H,18,20). The highest BCUT2D eigenvalue weighted by Gasteiger charge is 2.09. The van der Waals surface area contributed by atoms with Gasteiger partial charge in [-0.1, -0.05) is 18.2 Å². The van der Waals surface area contributed by atoms with Crippen LogP contribution in [0.1, 0.15) is 6.42 Å². The molecule has 2 rings (SSSR count). The summed E-state index contributed by atoms with van der Waals surface area (Å²) < 4.78 is 12.7. The van der Waals surface area contributed by atoms with Gasteiger partial charge in [0.25, 0.3) is 0 Å². The van der Waals surface area contributed by atoms with Gasteiger partial charge in [0.05, 0.1) is 0 Å². The minimum absolute atomic E-state index is 0.299. The van der Waals surface area contributed by atoms with Crippen LogP contribution in [0.15, 0.2) is 54.6 Å². The zero-order valence-corrected chi connectivity index (χ0v) is 10.6. The molecule has 0 aliphatic rings. The highest BCUT2D eigenvalue weighted by molar-refractivity contribution is 6.08. The minimum atomic E-state index is -0.454. The van der Waals surface area contributed by atoms with Crippen molar-refractivity contribution in [1.29, 1.82) is 0 Å². The molecule has 0 aliphatic heterocycles. The van der Waals surface area contributed by atoms with E-state index in [2.05, 4.69) is 10.6 Å². The van der Waals surface area contributed by atoms with Gasteiger partial charge in [0, 0.05) is 11.4 Å². The minimum Gasteiger partial charge on any atom is -0.326 e. The van der Waals surface area contributed by atoms with Gasteiger partial charge in [-0.3, -0.25) is 9.59 Å². The Hall–Kier alpha value is -2.69. The lowest BCUT2D eigenvalue weighted by molar-refractivity contribution is -0.123. The van der Waals surface area contributed by atoms with Crippen LogP contribution in [0, 0.1) is 5.82 Å². The van der Waals surface area contributed by atoms with Crippen molar-refractivity contribution in [2.75, 3.05) is 10.6 Å². The van der Waals surface area contributed by atoms with Gasteiger partial charge in [-0.05, 0) is 36.4 Å². The van der Waals surface area contributed by atoms with E-state index in [0.29, 0.717) is 11.4 Å². The molecular formula is C15H13FN2O2. The number of rotatable bonds is 4. The van der Waals surface area contributed by atoms with Crippen LogP contribution in [0.3, 0.4) is 0 Å². The molecule has 0 fully saturated rings. The molecule has 2 aromatic rings. The van der Waals surface area contributed by atoms with Gasteiger partial charge in [-0.15, -0.1) is 0 Å². The number of carbonyl (C=O) groups is 2. The molecule has 4 nitrogen and oxygen atoms in total. The Kier molecular flexibility index (Phi) is 4.44. The Morgan fingerprint density at radius 1 is 0.800 bits per heavy atom. The summed E-state index contributed by atoms with van der Waals surface area (Å²) in [5, 5.41) is 5.13. The predicted octanol–water partition coefficient (Wildman–Crippen LogP) is 2.79. The fourth-order valence-electron chi connectivity index (χ4n) is 1.61. The molecule has 0 heterocycles. The zero-order chi connectivity index (χ0) is 14.4. The topological polar surface area (TPSA) is 58.2 Å². The summed E-state index contributed by atoms with van der Waals surface area (Å²) in [5.74, 6) is -1.24. The number of anilines is 2. The third-order valence-electron chi connectivity index (χ3n) is 2.51. The second-order valence-electron chi connectivity index (χ2n) is 4.15. The molecule has 0 spiro atoms. The fraction of sp³-hybridized carbons (Fsp3) is 0.0667. The smallest absolute Gasteiger partial charge is 0.233 e. The molecule has 5 heteroatoms. The van der Waals surface area contributed by atoms with Crippen LogP contribution in [-0.2, 0) is 9.59 Å². The summed E-state index contributed by atoms with van der Waals surface area (Å²) in [6.45, 7) is 0. The summed E-state index contributed by atoms with van der Waals surface area (Å²) in [6, 6.07) is 14.2. The second kappa shape index (κ2) is 6.47. The number of hydrogen-bond acceptors (Lipinski definition) is 2. The van der Waals surface area contributed by atoms with Gasteiger partial charge in [0.1, 0.15) is 12.2 Å². The number of halogens is 1. The molecule has 0 saturated carbocycles. The summed E-state index contributed by atoms with van der Waals surface area (Å²) in [7, 11) is 0. The normalized spacial score (nSPS) is 9.85. The van der Waals surface area contributed by atoms with E-state index >= 15 is 0 Å². The molecule has 0 unspecified atom stereocenters. The maximum atomic E-state index is 12.7. The Bertz CT molecular complexity index is 597. The molecule has 2 N–H and O–H groups in total. The quantitative estimate of drug-likeness (QED) is 0.841. The lowest BCUT2D eigenvalue weighted by Crippen LogP contribution is -2.21. The van der Waals surface area contributed by atoms with E-state index in [0.717, 1.165) is 0 Å². The first kappa shape index (κ1) is 13.7. The van der Waals surface area contributed by atoms with Crippen molar-refractivity contribution in [2.45, 2.75) is 6.42 Å². The van der Waals surface area contributed by atoms with Crippen LogP contribution in [0.2, 0.25) is 0 Å². The van der Waals surface area contributed by atoms with Crippen molar-refractivity contribution in [3.8, 4) is 0 Å². The first-order valence-electron chi connectivity index (χ1n) is 6.04. The monoisotopic (exact) mass is 272 g/mol. The largest absolute Gasteiger partial charge is 0.326 e. The third-order valence-corrected chi connectivity index (χ3v) is 2.51. The average molecular weight is 272 g/mol.